The van der Waals surface area contributed by atoms with Crippen LogP contribution < -0.4 is 9.62 Å². The predicted molar refractivity (Wildman–Crippen MR) is 113 cm³/mol. The minimum Gasteiger partial charge on any atom is -0.478 e. The van der Waals surface area contributed by atoms with Crippen molar-refractivity contribution < 1.29 is 40.7 Å². The zero-order chi connectivity index (χ0) is 26.0. The van der Waals surface area contributed by atoms with Gasteiger partial charge in [0.05, 0.1) is 11.3 Å². The number of nitrogens with zero attached hydrogens (tertiary/aromatic N) is 3. The van der Waals surface area contributed by atoms with Crippen LogP contribution in [0, 0.1) is 23.1 Å². The van der Waals surface area contributed by atoms with Gasteiger partial charge in [0.25, 0.3) is 0 Å². The number of aromatic nitrogens is 1. The fourth-order valence-electron chi connectivity index (χ4n) is 3.69. The van der Waals surface area contributed by atoms with Crippen LogP contribution in [0.5, 0.6) is 0 Å². The molecule has 2 N–H and O–H groups in total. The molecule has 0 spiro atoms. The van der Waals surface area contributed by atoms with Gasteiger partial charge >= 0.3 is 12.1 Å². The molecule has 1 amide bonds. The number of nitrogens with one attached hydrogen (secondary N) is 1. The number of benzene rings is 1. The van der Waals surface area contributed by atoms with Crippen LogP contribution in [0.4, 0.5) is 23.4 Å². The quantitative estimate of drug-likeness (QED) is 0.561. The van der Waals surface area contributed by atoms with E-state index in [1.54, 1.807) is 0 Å². The number of alkyl halides is 3. The Morgan fingerprint density at radius 3 is 2.43 bits per heavy atom. The maximum atomic E-state index is 13.4. The second-order valence-electron chi connectivity index (χ2n) is 7.78. The van der Waals surface area contributed by atoms with E-state index in [-0.39, 0.29) is 37.3 Å². The third-order valence-electron chi connectivity index (χ3n) is 5.30. The van der Waals surface area contributed by atoms with Gasteiger partial charge in [-0.2, -0.15) is 18.4 Å². The lowest BCUT2D eigenvalue weighted by molar-refractivity contribution is -0.141. The molecule has 0 bridgehead atoms. The average molecular weight is 514 g/mol. The van der Waals surface area contributed by atoms with E-state index >= 15 is 0 Å². The highest BCUT2D eigenvalue weighted by Gasteiger charge is 2.40. The summed E-state index contributed by atoms with van der Waals surface area (Å²) in [7, 11) is -4.12. The summed E-state index contributed by atoms with van der Waals surface area (Å²) in [6.07, 6.45) is -5.00. The zero-order valence-corrected chi connectivity index (χ0v) is 18.7. The van der Waals surface area contributed by atoms with Gasteiger partial charge in [0.15, 0.2) is 5.69 Å². The molecule has 14 heteroatoms. The molecular weight excluding hydrogens is 496 g/mol. The molecule has 0 saturated carbocycles. The van der Waals surface area contributed by atoms with Gasteiger partial charge < -0.3 is 10.0 Å². The van der Waals surface area contributed by atoms with Crippen molar-refractivity contribution in [3.05, 3.63) is 58.5 Å². The number of carboxylic acids is 1. The van der Waals surface area contributed by atoms with Gasteiger partial charge in [-0.1, -0.05) is 12.1 Å². The molecule has 1 saturated heterocycles. The Morgan fingerprint density at radius 2 is 1.89 bits per heavy atom. The molecular formula is C21H18F4N4O5S. The van der Waals surface area contributed by atoms with Crippen molar-refractivity contribution >= 4 is 27.7 Å². The first-order valence-electron chi connectivity index (χ1n) is 10.1. The molecule has 0 unspecified atom stereocenters. The number of halogens is 4. The lowest BCUT2D eigenvalue weighted by Crippen LogP contribution is -2.43. The van der Waals surface area contributed by atoms with Crippen molar-refractivity contribution in [3.8, 4) is 6.07 Å². The number of carbonyl (C=O) groups is 2. The Balaban J connectivity index is 1.71. The number of hydrogen-bond acceptors (Lipinski definition) is 7. The van der Waals surface area contributed by atoms with Gasteiger partial charge in [-0.15, -0.1) is 0 Å². The van der Waals surface area contributed by atoms with Crippen molar-refractivity contribution in [2.24, 2.45) is 5.92 Å². The number of sulfonamides is 1. The first-order chi connectivity index (χ1) is 16.3. The lowest BCUT2D eigenvalue weighted by Gasteiger charge is -2.32. The summed E-state index contributed by atoms with van der Waals surface area (Å²) in [5.74, 6) is -5.05. The molecule has 1 fully saturated rings. The number of carboxylic acid groups (broad SMARTS) is 1. The summed E-state index contributed by atoms with van der Waals surface area (Å²) in [5.41, 5.74) is -3.52. The van der Waals surface area contributed by atoms with E-state index in [1.165, 1.54) is 23.1 Å². The Morgan fingerprint density at radius 1 is 1.23 bits per heavy atom. The van der Waals surface area contributed by atoms with Crippen molar-refractivity contribution in [2.45, 2.75) is 24.8 Å². The number of carbonyl (C=O) groups excluding carboxylic acids is 1. The summed E-state index contributed by atoms with van der Waals surface area (Å²) in [6, 6.07) is 7.26. The maximum Gasteiger partial charge on any atom is 0.434 e. The van der Waals surface area contributed by atoms with Crippen LogP contribution in [0.2, 0.25) is 0 Å². The van der Waals surface area contributed by atoms with Crippen LogP contribution in [-0.4, -0.2) is 43.5 Å². The topological polar surface area (TPSA) is 140 Å². The molecule has 1 aliphatic heterocycles. The minimum absolute atomic E-state index is 0.00359. The Bertz CT molecular complexity index is 1300. The molecule has 3 rings (SSSR count). The fourth-order valence-corrected chi connectivity index (χ4v) is 4.86. The number of hydrogen-bond donors (Lipinski definition) is 2. The molecule has 0 radical (unpaired) electrons. The molecule has 1 aliphatic rings. The molecule has 35 heavy (non-hydrogen) atoms. The monoisotopic (exact) mass is 514 g/mol. The summed E-state index contributed by atoms with van der Waals surface area (Å²) in [4.78, 5) is 28.5. The number of anilines is 1. The van der Waals surface area contributed by atoms with Crippen LogP contribution in [0.15, 0.2) is 30.3 Å². The molecule has 9 nitrogen and oxygen atoms in total. The highest BCUT2D eigenvalue weighted by atomic mass is 32.2. The van der Waals surface area contributed by atoms with Crippen molar-refractivity contribution in [3.63, 3.8) is 0 Å². The number of amides is 1. The maximum absolute atomic E-state index is 13.4. The summed E-state index contributed by atoms with van der Waals surface area (Å²) < 4.78 is 79.9. The van der Waals surface area contributed by atoms with E-state index < -0.39 is 62.4 Å². The molecule has 1 aromatic carbocycles. The molecule has 186 valence electrons. The van der Waals surface area contributed by atoms with Crippen LogP contribution in [0.3, 0.4) is 0 Å². The minimum atomic E-state index is -5.12. The van der Waals surface area contributed by atoms with E-state index in [2.05, 4.69) is 4.98 Å². The Labute approximate surface area is 197 Å². The standard InChI is InChI=1S/C21H18F4N4O5S/c22-15-3-1-2-12(8-15)11-35(33,34)28-19(30)13-4-6-29(7-5-13)16-9-14(10-26)17(20(31)32)18(27-16)21(23,24)25/h1-3,8-9,13H,4-7,11H2,(H,28,30)(H,31,32). The SMILES string of the molecule is N#Cc1cc(N2CCC(C(=O)NS(=O)(=O)Cc3cccc(F)c3)CC2)nc(C(F)(F)F)c1C(=O)O. The van der Waals surface area contributed by atoms with E-state index in [9.17, 15) is 35.6 Å². The second kappa shape index (κ2) is 9.87. The van der Waals surface area contributed by atoms with E-state index in [0.29, 0.717) is 0 Å². The Hall–Kier alpha value is -3.73. The normalized spacial score (nSPS) is 14.9. The van der Waals surface area contributed by atoms with Crippen molar-refractivity contribution in [1.82, 2.24) is 9.71 Å². The number of pyridine rings is 1. The molecule has 1 aromatic heterocycles. The smallest absolute Gasteiger partial charge is 0.434 e. The second-order valence-corrected chi connectivity index (χ2v) is 9.51. The largest absolute Gasteiger partial charge is 0.478 e. The van der Waals surface area contributed by atoms with Crippen LogP contribution in [0.1, 0.15) is 40.0 Å². The first-order valence-corrected chi connectivity index (χ1v) is 11.8. The van der Waals surface area contributed by atoms with Crippen LogP contribution >= 0.6 is 0 Å². The average Bonchev–Trinajstić information content (AvgIpc) is 2.76. The van der Waals surface area contributed by atoms with Crippen molar-refractivity contribution in [2.75, 3.05) is 18.0 Å². The number of aromatic carboxylic acids is 1. The molecule has 0 aliphatic carbocycles. The highest BCUT2D eigenvalue weighted by Crippen LogP contribution is 2.35. The van der Waals surface area contributed by atoms with Gasteiger partial charge in [0, 0.05) is 19.0 Å². The summed E-state index contributed by atoms with van der Waals surface area (Å²) in [5, 5.41) is 18.3. The van der Waals surface area contributed by atoms with Crippen LogP contribution in [-0.2, 0) is 26.7 Å². The first kappa shape index (κ1) is 25.9. The lowest BCUT2D eigenvalue weighted by atomic mass is 9.96. The Kier molecular flexibility index (Phi) is 7.30. The van der Waals surface area contributed by atoms with Gasteiger partial charge in [-0.25, -0.2) is 22.6 Å². The molecule has 2 aromatic rings. The number of rotatable bonds is 6. The number of nitriles is 1. The van der Waals surface area contributed by atoms with Gasteiger partial charge in [-0.05, 0) is 36.6 Å². The van der Waals surface area contributed by atoms with E-state index in [4.69, 9.17) is 10.4 Å². The third kappa shape index (κ3) is 6.24. The van der Waals surface area contributed by atoms with Gasteiger partial charge in [0.2, 0.25) is 15.9 Å². The van der Waals surface area contributed by atoms with Gasteiger partial charge in [-0.3, -0.25) is 9.52 Å². The van der Waals surface area contributed by atoms with E-state index in [0.717, 1.165) is 18.2 Å². The summed E-state index contributed by atoms with van der Waals surface area (Å²) in [6.45, 7) is 0.00717. The third-order valence-corrected chi connectivity index (χ3v) is 6.53. The van der Waals surface area contributed by atoms with E-state index in [1.807, 2.05) is 4.72 Å². The predicted octanol–water partition coefficient (Wildman–Crippen LogP) is 2.67. The molecule has 0 atom stereocenters. The number of piperidine rings is 1. The fraction of sp³-hybridized carbons (Fsp3) is 0.333. The summed E-state index contributed by atoms with van der Waals surface area (Å²) >= 11 is 0. The molecule has 2 heterocycles. The zero-order valence-electron chi connectivity index (χ0n) is 17.8. The van der Waals surface area contributed by atoms with Crippen molar-refractivity contribution in [1.29, 1.82) is 5.26 Å². The highest BCUT2D eigenvalue weighted by molar-refractivity contribution is 7.89. The van der Waals surface area contributed by atoms with Crippen LogP contribution in [0.25, 0.3) is 0 Å². The van der Waals surface area contributed by atoms with Gasteiger partial charge in [0.1, 0.15) is 23.3 Å².